The zero-order valence-electron chi connectivity index (χ0n) is 15.6. The molecule has 3 aromatic rings. The Hall–Kier alpha value is -2.72. The van der Waals surface area contributed by atoms with Crippen LogP contribution in [0.5, 0.6) is 0 Å². The van der Waals surface area contributed by atoms with Crippen LogP contribution in [0, 0.1) is 5.92 Å². The Labute approximate surface area is 160 Å². The molecule has 2 heterocycles. The van der Waals surface area contributed by atoms with E-state index in [-0.39, 0.29) is 11.9 Å². The molecule has 1 fully saturated rings. The van der Waals surface area contributed by atoms with Gasteiger partial charge in [0.1, 0.15) is 0 Å². The molecule has 0 aliphatic carbocycles. The number of nitrogens with zero attached hydrogens (tertiary/aromatic N) is 2. The van der Waals surface area contributed by atoms with Crippen LogP contribution in [-0.4, -0.2) is 34.9 Å². The Morgan fingerprint density at radius 2 is 1.89 bits per heavy atom. The molecule has 4 heteroatoms. The van der Waals surface area contributed by atoms with E-state index in [0.29, 0.717) is 5.92 Å². The van der Waals surface area contributed by atoms with Gasteiger partial charge in [-0.3, -0.25) is 4.79 Å². The molecule has 0 radical (unpaired) electrons. The summed E-state index contributed by atoms with van der Waals surface area (Å²) < 4.78 is 0. The van der Waals surface area contributed by atoms with Gasteiger partial charge in [0.15, 0.2) is 0 Å². The van der Waals surface area contributed by atoms with Crippen LogP contribution < -0.4 is 5.73 Å². The van der Waals surface area contributed by atoms with Gasteiger partial charge in [0.2, 0.25) is 0 Å². The lowest BCUT2D eigenvalue weighted by molar-refractivity contribution is 0.0663. The molecule has 1 aliphatic rings. The Bertz CT molecular complexity index is 952. The fourth-order valence-corrected chi connectivity index (χ4v) is 3.90. The van der Waals surface area contributed by atoms with Crippen LogP contribution >= 0.6 is 0 Å². The monoisotopic (exact) mass is 359 g/mol. The first-order chi connectivity index (χ1) is 13.1. The molecule has 0 bridgehead atoms. The highest BCUT2D eigenvalue weighted by Gasteiger charge is 2.27. The lowest BCUT2D eigenvalue weighted by Crippen LogP contribution is -2.45. The maximum atomic E-state index is 13.4. The standard InChI is InChI=1S/C23H25N3O/c1-16(24)18-10-7-13-26(15-18)23(27)20-14-22(17-8-3-2-4-9-17)25-21-12-6-5-11-19(20)21/h2-6,8-9,11-12,14,16,18H,7,10,13,15,24H2,1H3. The number of nitrogens with two attached hydrogens (primary N) is 1. The number of aromatic nitrogens is 1. The maximum absolute atomic E-state index is 13.4. The average molecular weight is 359 g/mol. The van der Waals surface area contributed by atoms with Gasteiger partial charge in [-0.2, -0.15) is 0 Å². The van der Waals surface area contributed by atoms with Crippen molar-refractivity contribution in [2.75, 3.05) is 13.1 Å². The molecule has 27 heavy (non-hydrogen) atoms. The van der Waals surface area contributed by atoms with Gasteiger partial charge in [0.05, 0.1) is 16.8 Å². The van der Waals surface area contributed by atoms with E-state index in [2.05, 4.69) is 0 Å². The van der Waals surface area contributed by atoms with Crippen molar-refractivity contribution in [3.63, 3.8) is 0 Å². The minimum absolute atomic E-state index is 0.0798. The van der Waals surface area contributed by atoms with Crippen molar-refractivity contribution in [3.8, 4) is 11.3 Å². The third-order valence-electron chi connectivity index (χ3n) is 5.50. The number of piperidine rings is 1. The van der Waals surface area contributed by atoms with E-state index in [4.69, 9.17) is 10.7 Å². The van der Waals surface area contributed by atoms with Gasteiger partial charge in [0, 0.05) is 30.1 Å². The number of likely N-dealkylation sites (tertiary alicyclic amines) is 1. The normalized spacial score (nSPS) is 18.4. The highest BCUT2D eigenvalue weighted by molar-refractivity contribution is 6.07. The van der Waals surface area contributed by atoms with E-state index in [1.165, 1.54) is 0 Å². The first-order valence-electron chi connectivity index (χ1n) is 9.63. The van der Waals surface area contributed by atoms with Crippen LogP contribution in [-0.2, 0) is 0 Å². The number of carbonyl (C=O) groups excluding carboxylic acids is 1. The second-order valence-corrected chi connectivity index (χ2v) is 7.45. The lowest BCUT2D eigenvalue weighted by atomic mass is 9.91. The summed E-state index contributed by atoms with van der Waals surface area (Å²) in [5, 5.41) is 0.908. The fraction of sp³-hybridized carbons (Fsp3) is 0.304. The van der Waals surface area contributed by atoms with Crippen LogP contribution in [0.2, 0.25) is 0 Å². The number of hydrogen-bond acceptors (Lipinski definition) is 3. The van der Waals surface area contributed by atoms with Crippen molar-refractivity contribution < 1.29 is 4.79 Å². The molecule has 1 aromatic heterocycles. The summed E-state index contributed by atoms with van der Waals surface area (Å²) >= 11 is 0. The van der Waals surface area contributed by atoms with Gasteiger partial charge in [-0.25, -0.2) is 4.98 Å². The maximum Gasteiger partial charge on any atom is 0.254 e. The van der Waals surface area contributed by atoms with E-state index in [9.17, 15) is 4.79 Å². The number of fused-ring (bicyclic) bond motifs is 1. The number of amides is 1. The van der Waals surface area contributed by atoms with Crippen LogP contribution in [0.3, 0.4) is 0 Å². The lowest BCUT2D eigenvalue weighted by Gasteiger charge is -2.35. The molecule has 1 aliphatic heterocycles. The molecule has 2 N–H and O–H groups in total. The third kappa shape index (κ3) is 3.58. The fourth-order valence-electron chi connectivity index (χ4n) is 3.90. The molecule has 0 saturated carbocycles. The summed E-state index contributed by atoms with van der Waals surface area (Å²) in [6.45, 7) is 3.56. The van der Waals surface area contributed by atoms with Gasteiger partial charge < -0.3 is 10.6 Å². The minimum atomic E-state index is 0.0798. The Morgan fingerprint density at radius 1 is 1.15 bits per heavy atom. The number of pyridine rings is 1. The van der Waals surface area contributed by atoms with E-state index in [0.717, 1.165) is 53.7 Å². The van der Waals surface area contributed by atoms with Crippen LogP contribution in [0.15, 0.2) is 60.7 Å². The highest BCUT2D eigenvalue weighted by atomic mass is 16.2. The minimum Gasteiger partial charge on any atom is -0.338 e. The summed E-state index contributed by atoms with van der Waals surface area (Å²) in [4.78, 5) is 20.2. The van der Waals surface area contributed by atoms with E-state index >= 15 is 0 Å². The van der Waals surface area contributed by atoms with Crippen molar-refractivity contribution in [3.05, 3.63) is 66.2 Å². The topological polar surface area (TPSA) is 59.2 Å². The molecule has 2 aromatic carbocycles. The average Bonchev–Trinajstić information content (AvgIpc) is 2.73. The quantitative estimate of drug-likeness (QED) is 0.766. The second kappa shape index (κ2) is 7.49. The molecule has 1 saturated heterocycles. The van der Waals surface area contributed by atoms with Gasteiger partial charge in [-0.15, -0.1) is 0 Å². The summed E-state index contributed by atoms with van der Waals surface area (Å²) in [5.41, 5.74) is 9.54. The Kier molecular flexibility index (Phi) is 4.90. The van der Waals surface area contributed by atoms with Gasteiger partial charge in [-0.1, -0.05) is 48.5 Å². The summed E-state index contributed by atoms with van der Waals surface area (Å²) in [6, 6.07) is 19.9. The second-order valence-electron chi connectivity index (χ2n) is 7.45. The van der Waals surface area contributed by atoms with E-state index in [1.54, 1.807) is 0 Å². The molecule has 138 valence electrons. The number of para-hydroxylation sites is 1. The van der Waals surface area contributed by atoms with Crippen LogP contribution in [0.4, 0.5) is 0 Å². The van der Waals surface area contributed by atoms with Crippen molar-refractivity contribution in [1.82, 2.24) is 9.88 Å². The van der Waals surface area contributed by atoms with Gasteiger partial charge in [-0.05, 0) is 37.8 Å². The number of benzene rings is 2. The molecule has 2 unspecified atom stereocenters. The Balaban J connectivity index is 1.77. The summed E-state index contributed by atoms with van der Waals surface area (Å²) in [6.07, 6.45) is 2.10. The molecule has 4 nitrogen and oxygen atoms in total. The van der Waals surface area contributed by atoms with Gasteiger partial charge in [0.25, 0.3) is 5.91 Å². The number of carbonyl (C=O) groups is 1. The summed E-state index contributed by atoms with van der Waals surface area (Å²) in [5.74, 6) is 0.445. The van der Waals surface area contributed by atoms with Crippen molar-refractivity contribution in [2.24, 2.45) is 11.7 Å². The first-order valence-corrected chi connectivity index (χ1v) is 9.63. The largest absolute Gasteiger partial charge is 0.338 e. The number of rotatable bonds is 3. The van der Waals surface area contributed by atoms with Crippen LogP contribution in [0.25, 0.3) is 22.2 Å². The molecular weight excluding hydrogens is 334 g/mol. The molecule has 1 amide bonds. The predicted octanol–water partition coefficient (Wildman–Crippen LogP) is 4.10. The SMILES string of the molecule is CC(N)C1CCCN(C(=O)c2cc(-c3ccccc3)nc3ccccc23)C1. The molecule has 4 rings (SSSR count). The highest BCUT2D eigenvalue weighted by Crippen LogP contribution is 2.27. The smallest absolute Gasteiger partial charge is 0.254 e. The number of hydrogen-bond donors (Lipinski definition) is 1. The van der Waals surface area contributed by atoms with E-state index < -0.39 is 0 Å². The molecular formula is C23H25N3O. The van der Waals surface area contributed by atoms with Crippen molar-refractivity contribution in [2.45, 2.75) is 25.8 Å². The van der Waals surface area contributed by atoms with Crippen LogP contribution in [0.1, 0.15) is 30.1 Å². The molecule has 2 atom stereocenters. The molecule has 0 spiro atoms. The predicted molar refractivity (Wildman–Crippen MR) is 109 cm³/mol. The summed E-state index contributed by atoms with van der Waals surface area (Å²) in [7, 11) is 0. The van der Waals surface area contributed by atoms with Crippen molar-refractivity contribution in [1.29, 1.82) is 0 Å². The van der Waals surface area contributed by atoms with E-state index in [1.807, 2.05) is 72.5 Å². The zero-order valence-corrected chi connectivity index (χ0v) is 15.6. The Morgan fingerprint density at radius 3 is 2.67 bits per heavy atom. The van der Waals surface area contributed by atoms with Gasteiger partial charge >= 0.3 is 0 Å². The first kappa shape index (κ1) is 17.7. The third-order valence-corrected chi connectivity index (χ3v) is 5.50. The zero-order chi connectivity index (χ0) is 18.8. The van der Waals surface area contributed by atoms with Crippen molar-refractivity contribution >= 4 is 16.8 Å².